The zero-order valence-electron chi connectivity index (χ0n) is 49.4. The van der Waals surface area contributed by atoms with E-state index in [1.807, 2.05) is 0 Å². The lowest BCUT2D eigenvalue weighted by Gasteiger charge is -2.32. The molecule has 5 aromatic carbocycles. The first-order valence-corrected chi connectivity index (χ1v) is 28.3. The first-order valence-electron chi connectivity index (χ1n) is 28.3. The molecular formula is C66H72O22. The van der Waals surface area contributed by atoms with Crippen LogP contribution in [-0.4, -0.2) is 133 Å². The lowest BCUT2D eigenvalue weighted by Crippen LogP contribution is -2.46. The van der Waals surface area contributed by atoms with Crippen LogP contribution in [0.4, 0.5) is 0 Å². The standard InChI is InChI=1S/C66H72O22/c1-64(42-83-57(71)13-7-33-78-53-25-17-48(37-67)18-26-53,43-84-58(72)14-8-34-79-54-27-19-49(38-68)20-28-54)62(76)87-46-66(3,61(75)82-41-52-11-5-4-6-12-52)47-88-63(77)65(2,44-85-59(73)15-9-35-80-55-29-21-50(39-69)22-30-55)45-86-60(74)16-10-36-81-56-31-23-51(40-70)24-32-56/h4-6,11-12,17-32,37-40H,7-10,13-16,33-36,41-47H2,1-3H3. The number of rotatable bonds is 41. The van der Waals surface area contributed by atoms with Gasteiger partial charge in [0.2, 0.25) is 0 Å². The lowest BCUT2D eigenvalue weighted by atomic mass is 9.90. The summed E-state index contributed by atoms with van der Waals surface area (Å²) in [6.45, 7) is -0.281. The van der Waals surface area contributed by atoms with Crippen molar-refractivity contribution in [3.8, 4) is 23.0 Å². The maximum Gasteiger partial charge on any atom is 0.319 e. The molecule has 5 aromatic rings. The van der Waals surface area contributed by atoms with Gasteiger partial charge in [0.05, 0.1) is 26.4 Å². The highest BCUT2D eigenvalue weighted by Gasteiger charge is 2.45. The second-order valence-electron chi connectivity index (χ2n) is 21.1. The smallest absolute Gasteiger partial charge is 0.319 e. The number of hydrogen-bond acceptors (Lipinski definition) is 22. The predicted molar refractivity (Wildman–Crippen MR) is 313 cm³/mol. The first kappa shape index (κ1) is 69.0. The minimum atomic E-state index is -2.00. The highest BCUT2D eigenvalue weighted by atomic mass is 16.6. The Morgan fingerprint density at radius 2 is 0.557 bits per heavy atom. The number of esters is 7. The fourth-order valence-electron chi connectivity index (χ4n) is 7.62. The molecule has 0 aliphatic rings. The Labute approximate surface area is 509 Å². The molecule has 0 fully saturated rings. The monoisotopic (exact) mass is 1220 g/mol. The molecule has 0 radical (unpaired) electrons. The van der Waals surface area contributed by atoms with Crippen molar-refractivity contribution in [2.75, 3.05) is 66.1 Å². The number of hydrogen-bond donors (Lipinski definition) is 0. The van der Waals surface area contributed by atoms with Gasteiger partial charge in [0.25, 0.3) is 0 Å². The maximum atomic E-state index is 14.4. The third kappa shape index (κ3) is 24.3. The van der Waals surface area contributed by atoms with Crippen molar-refractivity contribution < 1.29 is 105 Å². The van der Waals surface area contributed by atoms with Crippen LogP contribution in [0.1, 0.15) is 119 Å². The Morgan fingerprint density at radius 3 is 0.807 bits per heavy atom. The summed E-state index contributed by atoms with van der Waals surface area (Å²) < 4.78 is 62.1. The van der Waals surface area contributed by atoms with Gasteiger partial charge in [-0.2, -0.15) is 0 Å². The Kier molecular flexibility index (Phi) is 28.5. The quantitative estimate of drug-likeness (QED) is 0.0153. The topological polar surface area (TPSA) is 289 Å². The molecule has 0 saturated heterocycles. The van der Waals surface area contributed by atoms with Crippen molar-refractivity contribution in [2.24, 2.45) is 16.2 Å². The highest BCUT2D eigenvalue weighted by Crippen LogP contribution is 2.29. The molecule has 468 valence electrons. The number of benzene rings is 5. The van der Waals surface area contributed by atoms with Crippen LogP contribution in [0.2, 0.25) is 0 Å². The summed E-state index contributed by atoms with van der Waals surface area (Å²) in [5.74, 6) is -4.33. The van der Waals surface area contributed by atoms with Crippen LogP contribution in [0.3, 0.4) is 0 Å². The van der Waals surface area contributed by atoms with Crippen molar-refractivity contribution in [3.05, 3.63) is 155 Å². The zero-order chi connectivity index (χ0) is 63.6. The van der Waals surface area contributed by atoms with E-state index in [2.05, 4.69) is 0 Å². The van der Waals surface area contributed by atoms with Gasteiger partial charge in [-0.15, -0.1) is 0 Å². The molecule has 0 N–H and O–H groups in total. The third-order valence-electron chi connectivity index (χ3n) is 13.2. The molecule has 0 unspecified atom stereocenters. The van der Waals surface area contributed by atoms with Crippen molar-refractivity contribution in [2.45, 2.75) is 78.7 Å². The summed E-state index contributed by atoms with van der Waals surface area (Å²) >= 11 is 0. The molecule has 0 saturated carbocycles. The van der Waals surface area contributed by atoms with Gasteiger partial charge in [-0.25, -0.2) is 0 Å². The van der Waals surface area contributed by atoms with Gasteiger partial charge >= 0.3 is 41.8 Å². The Hall–Kier alpha value is -9.73. The van der Waals surface area contributed by atoms with Crippen LogP contribution in [0, 0.1) is 16.2 Å². The number of aldehydes is 4. The summed E-state index contributed by atoms with van der Waals surface area (Å²) in [7, 11) is 0. The number of carbonyl (C=O) groups is 11. The Balaban J connectivity index is 1.28. The molecule has 0 spiro atoms. The molecule has 0 atom stereocenters. The van der Waals surface area contributed by atoms with E-state index in [1.165, 1.54) is 20.8 Å². The molecule has 5 rings (SSSR count). The van der Waals surface area contributed by atoms with Crippen LogP contribution >= 0.6 is 0 Å². The van der Waals surface area contributed by atoms with E-state index in [0.29, 0.717) is 76.0 Å². The minimum absolute atomic E-state index is 0.0927. The normalized spacial score (nSPS) is 11.1. The summed E-state index contributed by atoms with van der Waals surface area (Å²) in [5, 5.41) is 0. The van der Waals surface area contributed by atoms with E-state index in [4.69, 9.17) is 52.1 Å². The maximum absolute atomic E-state index is 14.4. The van der Waals surface area contributed by atoms with E-state index in [-0.39, 0.29) is 84.4 Å². The molecule has 0 heterocycles. The fourth-order valence-corrected chi connectivity index (χ4v) is 7.62. The summed E-state index contributed by atoms with van der Waals surface area (Å²) in [6, 6.07) is 33.9. The molecule has 22 nitrogen and oxygen atoms in total. The molecule has 0 aromatic heterocycles. The van der Waals surface area contributed by atoms with Gasteiger partial charge in [0, 0.05) is 47.9 Å². The van der Waals surface area contributed by atoms with Crippen LogP contribution in [0.15, 0.2) is 127 Å². The summed E-state index contributed by atoms with van der Waals surface area (Å²) in [5.41, 5.74) is -3.41. The van der Waals surface area contributed by atoms with Gasteiger partial charge in [-0.3, -0.25) is 52.7 Å². The summed E-state index contributed by atoms with van der Waals surface area (Å²) in [6.07, 6.45) is 2.87. The van der Waals surface area contributed by atoms with Gasteiger partial charge in [-0.1, -0.05) is 30.3 Å². The highest BCUT2D eigenvalue weighted by molar-refractivity contribution is 5.83. The Morgan fingerprint density at radius 1 is 0.318 bits per heavy atom. The van der Waals surface area contributed by atoms with E-state index in [9.17, 15) is 52.7 Å². The second kappa shape index (κ2) is 36.3. The van der Waals surface area contributed by atoms with Gasteiger partial charge in [-0.05, 0) is 149 Å². The van der Waals surface area contributed by atoms with Crippen LogP contribution in [0.5, 0.6) is 23.0 Å². The van der Waals surface area contributed by atoms with Crippen molar-refractivity contribution in [1.29, 1.82) is 0 Å². The average molecular weight is 1220 g/mol. The fraction of sp³-hybridized carbons (Fsp3) is 0.379. The molecule has 22 heteroatoms. The molecule has 0 amide bonds. The third-order valence-corrected chi connectivity index (χ3v) is 13.2. The molecule has 0 aliphatic heterocycles. The van der Waals surface area contributed by atoms with Gasteiger partial charge < -0.3 is 52.1 Å². The van der Waals surface area contributed by atoms with Crippen molar-refractivity contribution in [3.63, 3.8) is 0 Å². The largest absolute Gasteiger partial charge is 0.494 e. The van der Waals surface area contributed by atoms with Crippen LogP contribution in [0.25, 0.3) is 0 Å². The molecule has 88 heavy (non-hydrogen) atoms. The van der Waals surface area contributed by atoms with E-state index in [1.54, 1.807) is 127 Å². The van der Waals surface area contributed by atoms with Crippen LogP contribution in [-0.2, 0) is 73.3 Å². The number of carbonyl (C=O) groups excluding carboxylic acids is 11. The van der Waals surface area contributed by atoms with E-state index < -0.39 is 97.7 Å². The molecule has 0 bridgehead atoms. The van der Waals surface area contributed by atoms with Crippen molar-refractivity contribution >= 4 is 66.9 Å². The predicted octanol–water partition coefficient (Wildman–Crippen LogP) is 8.69. The first-order chi connectivity index (χ1) is 42.4. The SMILES string of the molecule is CC(COC(=O)CCCOc1ccc(C=O)cc1)(COC(=O)CCCOc1ccc(C=O)cc1)C(=O)OCC(C)(COC(=O)C(C)(COC(=O)CCCOc1ccc(C=O)cc1)COC(=O)CCCOc1ccc(C=O)cc1)C(=O)OCc1ccccc1. The lowest BCUT2D eigenvalue weighted by molar-refractivity contribution is -0.182. The minimum Gasteiger partial charge on any atom is -0.494 e. The van der Waals surface area contributed by atoms with E-state index >= 15 is 0 Å². The average Bonchev–Trinajstić information content (AvgIpc) is 3.07. The van der Waals surface area contributed by atoms with Gasteiger partial charge in [0.15, 0.2) is 0 Å². The van der Waals surface area contributed by atoms with E-state index in [0.717, 1.165) is 0 Å². The zero-order valence-corrected chi connectivity index (χ0v) is 49.4. The number of ether oxygens (including phenoxy) is 11. The second-order valence-corrected chi connectivity index (χ2v) is 21.1. The molecular weight excluding hydrogens is 1140 g/mol. The Bertz CT molecular complexity index is 2740. The van der Waals surface area contributed by atoms with Crippen molar-refractivity contribution in [1.82, 2.24) is 0 Å². The molecule has 0 aliphatic carbocycles. The summed E-state index contributed by atoms with van der Waals surface area (Å²) in [4.78, 5) is 140. The van der Waals surface area contributed by atoms with Gasteiger partial charge in [0.1, 0.15) is 111 Å². The van der Waals surface area contributed by atoms with Crippen LogP contribution < -0.4 is 18.9 Å².